The van der Waals surface area contributed by atoms with Gasteiger partial charge in [0, 0.05) is 32.4 Å². The predicted molar refractivity (Wildman–Crippen MR) is 91.7 cm³/mol. The Morgan fingerprint density at radius 2 is 1.96 bits per heavy atom. The zero-order valence-electron chi connectivity index (χ0n) is 13.9. The van der Waals surface area contributed by atoms with Gasteiger partial charge in [0.1, 0.15) is 11.4 Å². The molecule has 126 valence electrons. The van der Waals surface area contributed by atoms with Crippen LogP contribution in [-0.2, 0) is 4.79 Å². The van der Waals surface area contributed by atoms with Crippen molar-refractivity contribution >= 4 is 22.7 Å². The molecular formula is C19H23N3O2. The first-order chi connectivity index (χ1) is 11.8. The number of likely N-dealkylation sites (tertiary alicyclic amines) is 1. The highest BCUT2D eigenvalue weighted by molar-refractivity contribution is 5.89. The lowest BCUT2D eigenvalue weighted by molar-refractivity contribution is -0.134. The number of carbonyl (C=O) groups excluding carboxylic acids is 1. The van der Waals surface area contributed by atoms with Gasteiger partial charge in [0.25, 0.3) is 0 Å². The lowest BCUT2D eigenvalue weighted by Crippen LogP contribution is -2.36. The molecule has 1 aliphatic carbocycles. The minimum Gasteiger partial charge on any atom is -0.464 e. The molecule has 3 aliphatic rings. The molecular weight excluding hydrogens is 302 g/mol. The largest absolute Gasteiger partial charge is 0.464 e. The fraction of sp³-hybridized carbons (Fsp3) is 0.579. The van der Waals surface area contributed by atoms with Gasteiger partial charge in [-0.15, -0.1) is 0 Å². The van der Waals surface area contributed by atoms with E-state index in [9.17, 15) is 4.79 Å². The van der Waals surface area contributed by atoms with Crippen molar-refractivity contribution in [2.24, 2.45) is 17.8 Å². The molecule has 5 heteroatoms. The molecule has 0 bridgehead atoms. The third-order valence-electron chi connectivity index (χ3n) is 6.23. The highest BCUT2D eigenvalue weighted by Gasteiger charge is 2.41. The number of pyridine rings is 1. The van der Waals surface area contributed by atoms with Crippen molar-refractivity contribution in [1.82, 2.24) is 9.88 Å². The highest BCUT2D eigenvalue weighted by atomic mass is 16.3. The molecule has 2 aromatic rings. The van der Waals surface area contributed by atoms with Gasteiger partial charge in [-0.1, -0.05) is 6.42 Å². The van der Waals surface area contributed by atoms with Crippen LogP contribution in [0.2, 0.25) is 0 Å². The maximum atomic E-state index is 12.9. The summed E-state index contributed by atoms with van der Waals surface area (Å²) in [5, 5.41) is 1.04. The van der Waals surface area contributed by atoms with Crippen LogP contribution in [0.25, 0.3) is 11.0 Å². The number of hydrogen-bond acceptors (Lipinski definition) is 4. The Kier molecular flexibility index (Phi) is 3.28. The molecule has 3 unspecified atom stereocenters. The average Bonchev–Trinajstić information content (AvgIpc) is 3.35. The van der Waals surface area contributed by atoms with Crippen LogP contribution in [0, 0.1) is 17.8 Å². The third-order valence-corrected chi connectivity index (χ3v) is 6.23. The zero-order valence-corrected chi connectivity index (χ0v) is 13.9. The van der Waals surface area contributed by atoms with E-state index in [0.717, 1.165) is 61.2 Å². The standard InChI is InChI=1S/C19H23N3O2/c23-19(22-10-13-2-1-3-14(13)11-22)15-5-8-21(12-15)18-16-6-9-24-17(16)4-7-20-18/h4,6-7,9,13-15H,1-3,5,8,10-12H2. The first-order valence-corrected chi connectivity index (χ1v) is 9.15. The van der Waals surface area contributed by atoms with Gasteiger partial charge >= 0.3 is 0 Å². The molecule has 0 spiro atoms. The first-order valence-electron chi connectivity index (χ1n) is 9.15. The number of aromatic nitrogens is 1. The topological polar surface area (TPSA) is 49.6 Å². The number of carbonyl (C=O) groups is 1. The summed E-state index contributed by atoms with van der Waals surface area (Å²) in [4.78, 5) is 21.9. The summed E-state index contributed by atoms with van der Waals surface area (Å²) in [6.45, 7) is 3.67. The molecule has 0 aromatic carbocycles. The number of amides is 1. The summed E-state index contributed by atoms with van der Waals surface area (Å²) >= 11 is 0. The molecule has 3 atom stereocenters. The number of nitrogens with zero attached hydrogens (tertiary/aromatic N) is 3. The van der Waals surface area contributed by atoms with Gasteiger partial charge in [-0.2, -0.15) is 0 Å². The van der Waals surface area contributed by atoms with Crippen molar-refractivity contribution in [3.63, 3.8) is 0 Å². The fourth-order valence-electron chi connectivity index (χ4n) is 4.96. The number of fused-ring (bicyclic) bond motifs is 2. The lowest BCUT2D eigenvalue weighted by Gasteiger charge is -2.22. The summed E-state index contributed by atoms with van der Waals surface area (Å²) in [5.74, 6) is 2.98. The molecule has 3 fully saturated rings. The number of rotatable bonds is 2. The van der Waals surface area contributed by atoms with E-state index in [0.29, 0.717) is 5.91 Å². The van der Waals surface area contributed by atoms with Crippen molar-refractivity contribution in [3.8, 4) is 0 Å². The van der Waals surface area contributed by atoms with E-state index in [-0.39, 0.29) is 5.92 Å². The zero-order chi connectivity index (χ0) is 16.1. The molecule has 2 saturated heterocycles. The van der Waals surface area contributed by atoms with Crippen molar-refractivity contribution in [1.29, 1.82) is 0 Å². The van der Waals surface area contributed by atoms with E-state index in [1.54, 1.807) is 12.5 Å². The SMILES string of the molecule is O=C(C1CCN(c2nccc3occc23)C1)N1CC2CCCC2C1. The molecule has 24 heavy (non-hydrogen) atoms. The Morgan fingerprint density at radius 1 is 1.12 bits per heavy atom. The Bertz CT molecular complexity index is 759. The predicted octanol–water partition coefficient (Wildman–Crippen LogP) is 2.91. The Balaban J connectivity index is 1.30. The van der Waals surface area contributed by atoms with E-state index in [1.807, 2.05) is 12.1 Å². The summed E-state index contributed by atoms with van der Waals surface area (Å²) in [7, 11) is 0. The van der Waals surface area contributed by atoms with Crippen LogP contribution in [-0.4, -0.2) is 42.0 Å². The molecule has 1 saturated carbocycles. The monoisotopic (exact) mass is 325 g/mol. The number of hydrogen-bond donors (Lipinski definition) is 0. The quantitative estimate of drug-likeness (QED) is 0.852. The Morgan fingerprint density at radius 3 is 2.79 bits per heavy atom. The smallest absolute Gasteiger partial charge is 0.227 e. The van der Waals surface area contributed by atoms with Crippen LogP contribution in [0.3, 0.4) is 0 Å². The summed E-state index contributed by atoms with van der Waals surface area (Å²) < 4.78 is 5.47. The number of furan rings is 1. The van der Waals surface area contributed by atoms with E-state index < -0.39 is 0 Å². The Labute approximate surface area is 141 Å². The van der Waals surface area contributed by atoms with Crippen molar-refractivity contribution < 1.29 is 9.21 Å². The minimum absolute atomic E-state index is 0.118. The number of anilines is 1. The second kappa shape index (κ2) is 5.50. The summed E-state index contributed by atoms with van der Waals surface area (Å²) in [6, 6.07) is 3.86. The maximum Gasteiger partial charge on any atom is 0.227 e. The van der Waals surface area contributed by atoms with Gasteiger partial charge in [0.15, 0.2) is 0 Å². The van der Waals surface area contributed by atoms with E-state index >= 15 is 0 Å². The molecule has 0 radical (unpaired) electrons. The molecule has 5 rings (SSSR count). The van der Waals surface area contributed by atoms with Gasteiger partial charge < -0.3 is 14.2 Å². The third kappa shape index (κ3) is 2.21. The molecule has 2 aromatic heterocycles. The van der Waals surface area contributed by atoms with Crippen LogP contribution in [0.15, 0.2) is 29.0 Å². The highest BCUT2D eigenvalue weighted by Crippen LogP contribution is 2.39. The second-order valence-electron chi connectivity index (χ2n) is 7.59. The molecule has 1 amide bonds. The average molecular weight is 325 g/mol. The van der Waals surface area contributed by atoms with Crippen LogP contribution in [0.4, 0.5) is 5.82 Å². The van der Waals surface area contributed by atoms with Crippen LogP contribution >= 0.6 is 0 Å². The fourth-order valence-corrected chi connectivity index (χ4v) is 4.96. The van der Waals surface area contributed by atoms with Gasteiger partial charge in [0.2, 0.25) is 5.91 Å². The van der Waals surface area contributed by atoms with Crippen molar-refractivity contribution in [2.45, 2.75) is 25.7 Å². The van der Waals surface area contributed by atoms with Crippen LogP contribution in [0.1, 0.15) is 25.7 Å². The molecule has 5 nitrogen and oxygen atoms in total. The van der Waals surface area contributed by atoms with Gasteiger partial charge in [0.05, 0.1) is 17.6 Å². The van der Waals surface area contributed by atoms with E-state index in [2.05, 4.69) is 14.8 Å². The summed E-state index contributed by atoms with van der Waals surface area (Å²) in [5.41, 5.74) is 0.863. The van der Waals surface area contributed by atoms with Gasteiger partial charge in [-0.05, 0) is 43.2 Å². The molecule has 0 N–H and O–H groups in total. The molecule has 2 aliphatic heterocycles. The van der Waals surface area contributed by atoms with Gasteiger partial charge in [-0.3, -0.25) is 4.79 Å². The second-order valence-corrected chi connectivity index (χ2v) is 7.59. The first kappa shape index (κ1) is 14.3. The van der Waals surface area contributed by atoms with Crippen molar-refractivity contribution in [3.05, 3.63) is 24.6 Å². The lowest BCUT2D eigenvalue weighted by atomic mass is 10.0. The Hall–Kier alpha value is -2.04. The van der Waals surface area contributed by atoms with E-state index in [1.165, 1.54) is 19.3 Å². The van der Waals surface area contributed by atoms with E-state index in [4.69, 9.17) is 4.42 Å². The summed E-state index contributed by atoms with van der Waals surface area (Å²) in [6.07, 6.45) is 8.42. The van der Waals surface area contributed by atoms with Gasteiger partial charge in [-0.25, -0.2) is 4.98 Å². The van der Waals surface area contributed by atoms with Crippen molar-refractivity contribution in [2.75, 3.05) is 31.1 Å². The minimum atomic E-state index is 0.118. The van der Waals surface area contributed by atoms with Crippen LogP contribution in [0.5, 0.6) is 0 Å². The normalized spacial score (nSPS) is 29.6. The maximum absolute atomic E-state index is 12.9. The molecule has 4 heterocycles. The van der Waals surface area contributed by atoms with Crippen LogP contribution < -0.4 is 4.90 Å².